The Morgan fingerprint density at radius 1 is 1.33 bits per heavy atom. The van der Waals surface area contributed by atoms with Crippen LogP contribution in [0.1, 0.15) is 39.5 Å². The smallest absolute Gasteiger partial charge is 0.0675 e. The third kappa shape index (κ3) is 1.19. The molecule has 0 amide bonds. The van der Waals surface area contributed by atoms with Crippen LogP contribution in [0.2, 0.25) is 0 Å². The number of rotatable bonds is 2. The van der Waals surface area contributed by atoms with Crippen LogP contribution in [0.15, 0.2) is 24.3 Å². The lowest BCUT2D eigenvalue weighted by molar-refractivity contribution is -0.0182. The van der Waals surface area contributed by atoms with Crippen molar-refractivity contribution in [1.82, 2.24) is 0 Å². The van der Waals surface area contributed by atoms with Gasteiger partial charge in [-0.1, -0.05) is 24.3 Å². The summed E-state index contributed by atoms with van der Waals surface area (Å²) in [6.07, 6.45) is 15.3. The van der Waals surface area contributed by atoms with Crippen LogP contribution in [0.25, 0.3) is 0 Å². The van der Waals surface area contributed by atoms with Gasteiger partial charge in [0.05, 0.1) is 12.2 Å². The third-order valence-electron chi connectivity index (χ3n) is 4.54. The van der Waals surface area contributed by atoms with E-state index in [9.17, 15) is 0 Å². The molecule has 0 heterocycles. The van der Waals surface area contributed by atoms with Crippen LogP contribution in [-0.4, -0.2) is 12.2 Å². The van der Waals surface area contributed by atoms with Crippen LogP contribution < -0.4 is 0 Å². The Morgan fingerprint density at radius 2 is 2.20 bits per heavy atom. The molecular weight excluding hydrogens is 184 g/mol. The zero-order chi connectivity index (χ0) is 10.5. The van der Waals surface area contributed by atoms with Gasteiger partial charge in [0.25, 0.3) is 0 Å². The molecule has 1 heteroatoms. The first-order valence-corrected chi connectivity index (χ1v) is 6.18. The molecule has 2 saturated carbocycles. The van der Waals surface area contributed by atoms with E-state index in [4.69, 9.17) is 4.74 Å². The largest absolute Gasteiger partial charge is 0.375 e. The zero-order valence-corrected chi connectivity index (χ0v) is 9.70. The van der Waals surface area contributed by atoms with Crippen molar-refractivity contribution in [3.8, 4) is 0 Å². The van der Waals surface area contributed by atoms with E-state index in [0.29, 0.717) is 23.0 Å². The molecule has 15 heavy (non-hydrogen) atoms. The average molecular weight is 204 g/mol. The van der Waals surface area contributed by atoms with E-state index in [1.165, 1.54) is 25.7 Å². The highest BCUT2D eigenvalue weighted by Crippen LogP contribution is 2.77. The molecule has 0 saturated heterocycles. The molecule has 0 radical (unpaired) electrons. The van der Waals surface area contributed by atoms with Crippen molar-refractivity contribution in [2.24, 2.45) is 10.8 Å². The highest BCUT2D eigenvalue weighted by molar-refractivity contribution is 5.34. The first-order valence-electron chi connectivity index (χ1n) is 6.18. The molecule has 3 atom stereocenters. The van der Waals surface area contributed by atoms with Gasteiger partial charge in [-0.25, -0.2) is 0 Å². The SMILES string of the molecule is CC(C)O[C@@H]1CC[C@]23CC=CC=C[C@]12C3. The summed E-state index contributed by atoms with van der Waals surface area (Å²) >= 11 is 0. The van der Waals surface area contributed by atoms with Gasteiger partial charge in [0.15, 0.2) is 0 Å². The van der Waals surface area contributed by atoms with Gasteiger partial charge in [0.1, 0.15) is 0 Å². The molecule has 2 fully saturated rings. The summed E-state index contributed by atoms with van der Waals surface area (Å²) in [5.74, 6) is 0. The minimum absolute atomic E-state index is 0.366. The zero-order valence-electron chi connectivity index (χ0n) is 9.70. The maximum Gasteiger partial charge on any atom is 0.0675 e. The number of hydrogen-bond acceptors (Lipinski definition) is 1. The fraction of sp³-hybridized carbons (Fsp3) is 0.714. The van der Waals surface area contributed by atoms with Gasteiger partial charge in [-0.3, -0.25) is 0 Å². The van der Waals surface area contributed by atoms with Crippen molar-refractivity contribution in [1.29, 1.82) is 0 Å². The van der Waals surface area contributed by atoms with Crippen LogP contribution in [0.3, 0.4) is 0 Å². The van der Waals surface area contributed by atoms with Crippen LogP contribution in [-0.2, 0) is 4.74 Å². The second-order valence-electron chi connectivity index (χ2n) is 5.70. The summed E-state index contributed by atoms with van der Waals surface area (Å²) in [6.45, 7) is 4.30. The van der Waals surface area contributed by atoms with E-state index in [0.717, 1.165) is 0 Å². The fourth-order valence-electron chi connectivity index (χ4n) is 3.78. The summed E-state index contributed by atoms with van der Waals surface area (Å²) < 4.78 is 6.10. The quantitative estimate of drug-likeness (QED) is 0.669. The number of ether oxygens (including phenoxy) is 1. The summed E-state index contributed by atoms with van der Waals surface area (Å²) in [6, 6.07) is 0. The lowest BCUT2D eigenvalue weighted by Crippen LogP contribution is -2.25. The summed E-state index contributed by atoms with van der Waals surface area (Å²) in [4.78, 5) is 0. The Kier molecular flexibility index (Phi) is 1.91. The first-order chi connectivity index (χ1) is 7.19. The lowest BCUT2D eigenvalue weighted by Gasteiger charge is -2.23. The van der Waals surface area contributed by atoms with Crippen molar-refractivity contribution >= 4 is 0 Å². The van der Waals surface area contributed by atoms with Gasteiger partial charge in [-0.05, 0) is 44.9 Å². The van der Waals surface area contributed by atoms with Crippen LogP contribution in [0.5, 0.6) is 0 Å². The lowest BCUT2D eigenvalue weighted by atomic mass is 9.93. The van der Waals surface area contributed by atoms with E-state index in [-0.39, 0.29) is 0 Å². The van der Waals surface area contributed by atoms with Crippen molar-refractivity contribution in [3.63, 3.8) is 0 Å². The molecule has 3 aliphatic rings. The standard InChI is InChI=1S/C14H20O/c1-11(2)15-12-6-9-13-7-4-3-5-8-14(12,13)10-13/h3-5,8,11-12H,6-7,9-10H2,1-2H3/t12-,13+,14+/m1/s1. The predicted molar refractivity (Wildman–Crippen MR) is 61.6 cm³/mol. The molecule has 0 unspecified atom stereocenters. The molecule has 3 rings (SSSR count). The molecule has 3 aliphatic carbocycles. The van der Waals surface area contributed by atoms with Gasteiger partial charge in [0, 0.05) is 5.41 Å². The molecule has 0 bridgehead atoms. The molecule has 0 aromatic carbocycles. The Hall–Kier alpha value is -0.560. The Morgan fingerprint density at radius 3 is 3.00 bits per heavy atom. The normalized spacial score (nSPS) is 46.5. The van der Waals surface area contributed by atoms with Crippen molar-refractivity contribution < 1.29 is 4.74 Å². The average Bonchev–Trinajstić information content (AvgIpc) is 2.75. The van der Waals surface area contributed by atoms with Gasteiger partial charge >= 0.3 is 0 Å². The second-order valence-corrected chi connectivity index (χ2v) is 5.70. The fourth-order valence-corrected chi connectivity index (χ4v) is 3.78. The van der Waals surface area contributed by atoms with Crippen LogP contribution >= 0.6 is 0 Å². The van der Waals surface area contributed by atoms with Crippen molar-refractivity contribution in [2.75, 3.05) is 0 Å². The topological polar surface area (TPSA) is 9.23 Å². The van der Waals surface area contributed by atoms with Gasteiger partial charge in [-0.2, -0.15) is 0 Å². The number of hydrogen-bond donors (Lipinski definition) is 0. The monoisotopic (exact) mass is 204 g/mol. The summed E-state index contributed by atoms with van der Waals surface area (Å²) in [5.41, 5.74) is 0.983. The van der Waals surface area contributed by atoms with E-state index in [2.05, 4.69) is 38.2 Å². The van der Waals surface area contributed by atoms with E-state index in [1.807, 2.05) is 0 Å². The van der Waals surface area contributed by atoms with E-state index >= 15 is 0 Å². The van der Waals surface area contributed by atoms with E-state index in [1.54, 1.807) is 0 Å². The van der Waals surface area contributed by atoms with Crippen LogP contribution in [0.4, 0.5) is 0 Å². The molecule has 0 aliphatic heterocycles. The van der Waals surface area contributed by atoms with Crippen molar-refractivity contribution in [3.05, 3.63) is 24.3 Å². The molecule has 0 aromatic heterocycles. The Labute approximate surface area is 92.2 Å². The molecular formula is C14H20O. The minimum atomic E-state index is 0.366. The Balaban J connectivity index is 1.86. The highest BCUT2D eigenvalue weighted by atomic mass is 16.5. The van der Waals surface area contributed by atoms with Gasteiger partial charge in [0.2, 0.25) is 0 Å². The third-order valence-corrected chi connectivity index (χ3v) is 4.54. The molecule has 82 valence electrons. The predicted octanol–water partition coefficient (Wildman–Crippen LogP) is 3.47. The minimum Gasteiger partial charge on any atom is -0.375 e. The number of allylic oxidation sites excluding steroid dienone is 3. The summed E-state index contributed by atoms with van der Waals surface area (Å²) in [5, 5.41) is 0. The maximum absolute atomic E-state index is 6.10. The van der Waals surface area contributed by atoms with Gasteiger partial charge in [-0.15, -0.1) is 0 Å². The molecule has 1 nitrogen and oxygen atoms in total. The van der Waals surface area contributed by atoms with Gasteiger partial charge < -0.3 is 4.74 Å². The summed E-state index contributed by atoms with van der Waals surface area (Å²) in [7, 11) is 0. The van der Waals surface area contributed by atoms with Crippen LogP contribution in [0, 0.1) is 10.8 Å². The van der Waals surface area contributed by atoms with E-state index < -0.39 is 0 Å². The molecule has 0 aromatic rings. The maximum atomic E-state index is 6.10. The molecule has 0 spiro atoms. The Bertz CT molecular complexity index is 328. The second kappa shape index (κ2) is 2.98. The first kappa shape index (κ1) is 9.65. The highest BCUT2D eigenvalue weighted by Gasteiger charge is 2.72. The van der Waals surface area contributed by atoms with Crippen molar-refractivity contribution in [2.45, 2.75) is 51.7 Å². The molecule has 0 N–H and O–H groups in total.